The van der Waals surface area contributed by atoms with Crippen LogP contribution in [0.2, 0.25) is 0 Å². The second kappa shape index (κ2) is 6.96. The topological polar surface area (TPSA) is 32.3 Å². The van der Waals surface area contributed by atoms with Crippen molar-refractivity contribution in [3.8, 4) is 0 Å². The number of nitrogens with zero attached hydrogens (tertiary/aromatic N) is 1. The minimum Gasteiger partial charge on any atom is -0.338 e. The monoisotopic (exact) mass is 312 g/mol. The molecule has 0 spiro atoms. The number of hydrogen-bond donors (Lipinski definition) is 1. The van der Waals surface area contributed by atoms with Gasteiger partial charge >= 0.3 is 6.18 Å². The van der Waals surface area contributed by atoms with Crippen molar-refractivity contribution in [3.05, 3.63) is 48.0 Å². The van der Waals surface area contributed by atoms with Gasteiger partial charge in [0.2, 0.25) is 5.91 Å². The number of piperidine rings is 1. The first-order valence-corrected chi connectivity index (χ1v) is 7.21. The molecule has 6 heteroatoms. The number of rotatable bonds is 4. The van der Waals surface area contributed by atoms with Crippen LogP contribution in [0.4, 0.5) is 13.2 Å². The normalized spacial score (nSPS) is 19.0. The highest BCUT2D eigenvalue weighted by Gasteiger charge is 2.30. The van der Waals surface area contributed by atoms with Gasteiger partial charge in [-0.2, -0.15) is 13.2 Å². The summed E-state index contributed by atoms with van der Waals surface area (Å²) in [6, 6.07) is 5.29. The first kappa shape index (κ1) is 16.5. The molecule has 1 atom stereocenters. The van der Waals surface area contributed by atoms with E-state index in [9.17, 15) is 18.0 Å². The molecule has 0 saturated carbocycles. The SMILES string of the molecule is C=CC(=O)N1CCC[C@@H](NCc2ccc(C(F)(F)F)cc2)C1. The van der Waals surface area contributed by atoms with Crippen molar-refractivity contribution < 1.29 is 18.0 Å². The zero-order chi connectivity index (χ0) is 16.2. The number of halogens is 3. The second-order valence-corrected chi connectivity index (χ2v) is 5.40. The van der Waals surface area contributed by atoms with E-state index >= 15 is 0 Å². The first-order chi connectivity index (χ1) is 10.4. The van der Waals surface area contributed by atoms with Crippen LogP contribution >= 0.6 is 0 Å². The van der Waals surface area contributed by atoms with Gasteiger partial charge < -0.3 is 10.2 Å². The molecule has 1 aliphatic rings. The molecule has 0 bridgehead atoms. The van der Waals surface area contributed by atoms with E-state index in [0.717, 1.165) is 37.1 Å². The van der Waals surface area contributed by atoms with Gasteiger partial charge in [-0.3, -0.25) is 4.79 Å². The van der Waals surface area contributed by atoms with Crippen molar-refractivity contribution in [1.29, 1.82) is 0 Å². The third-order valence-electron chi connectivity index (χ3n) is 3.78. The Hall–Kier alpha value is -1.82. The Morgan fingerprint density at radius 1 is 1.36 bits per heavy atom. The Bertz CT molecular complexity index is 525. The summed E-state index contributed by atoms with van der Waals surface area (Å²) in [5.41, 5.74) is 0.150. The smallest absolute Gasteiger partial charge is 0.338 e. The molecule has 2 rings (SSSR count). The molecule has 0 aliphatic carbocycles. The molecular weight excluding hydrogens is 293 g/mol. The van der Waals surface area contributed by atoms with Gasteiger partial charge in [0, 0.05) is 25.7 Å². The lowest BCUT2D eigenvalue weighted by atomic mass is 10.0. The lowest BCUT2D eigenvalue weighted by Crippen LogP contribution is -2.47. The number of hydrogen-bond acceptors (Lipinski definition) is 2. The van der Waals surface area contributed by atoms with Crippen LogP contribution in [-0.2, 0) is 17.5 Å². The van der Waals surface area contributed by atoms with Crippen LogP contribution in [0.1, 0.15) is 24.0 Å². The van der Waals surface area contributed by atoms with Crippen LogP contribution in [0.15, 0.2) is 36.9 Å². The summed E-state index contributed by atoms with van der Waals surface area (Å²) in [6.07, 6.45) is -1.15. The molecule has 1 fully saturated rings. The minimum atomic E-state index is -4.30. The predicted octanol–water partition coefficient (Wildman–Crippen LogP) is 2.97. The molecule has 1 N–H and O–H groups in total. The van der Waals surface area contributed by atoms with Crippen LogP contribution in [0.5, 0.6) is 0 Å². The largest absolute Gasteiger partial charge is 0.416 e. The Morgan fingerprint density at radius 2 is 2.05 bits per heavy atom. The van der Waals surface area contributed by atoms with E-state index in [2.05, 4.69) is 11.9 Å². The lowest BCUT2D eigenvalue weighted by Gasteiger charge is -2.32. The quantitative estimate of drug-likeness (QED) is 0.867. The van der Waals surface area contributed by atoms with Gasteiger partial charge in [-0.05, 0) is 36.6 Å². The highest BCUT2D eigenvalue weighted by atomic mass is 19.4. The van der Waals surface area contributed by atoms with Crippen molar-refractivity contribution in [2.45, 2.75) is 31.6 Å². The maximum atomic E-state index is 12.5. The van der Waals surface area contributed by atoms with Gasteiger partial charge in [0.15, 0.2) is 0 Å². The number of carbonyl (C=O) groups is 1. The average molecular weight is 312 g/mol. The molecule has 1 saturated heterocycles. The number of likely N-dealkylation sites (tertiary alicyclic amines) is 1. The molecule has 1 aliphatic heterocycles. The van der Waals surface area contributed by atoms with E-state index in [-0.39, 0.29) is 11.9 Å². The number of carbonyl (C=O) groups excluding carboxylic acids is 1. The van der Waals surface area contributed by atoms with E-state index in [1.165, 1.54) is 18.2 Å². The molecule has 22 heavy (non-hydrogen) atoms. The maximum absolute atomic E-state index is 12.5. The summed E-state index contributed by atoms with van der Waals surface area (Å²) in [4.78, 5) is 13.3. The summed E-state index contributed by atoms with van der Waals surface area (Å²) >= 11 is 0. The molecule has 0 radical (unpaired) electrons. The Labute approximate surface area is 127 Å². The highest BCUT2D eigenvalue weighted by Crippen LogP contribution is 2.29. The molecule has 1 amide bonds. The molecule has 3 nitrogen and oxygen atoms in total. The maximum Gasteiger partial charge on any atom is 0.416 e. The van der Waals surface area contributed by atoms with Crippen molar-refractivity contribution in [1.82, 2.24) is 10.2 Å². The molecule has 0 aromatic heterocycles. The summed E-state index contributed by atoms with van der Waals surface area (Å²) < 4.78 is 37.5. The molecule has 120 valence electrons. The number of nitrogens with one attached hydrogen (secondary N) is 1. The predicted molar refractivity (Wildman–Crippen MR) is 78.1 cm³/mol. The Morgan fingerprint density at radius 3 is 2.64 bits per heavy atom. The van der Waals surface area contributed by atoms with E-state index in [1.807, 2.05) is 0 Å². The average Bonchev–Trinajstić information content (AvgIpc) is 2.52. The van der Waals surface area contributed by atoms with Crippen molar-refractivity contribution in [2.24, 2.45) is 0 Å². The van der Waals surface area contributed by atoms with Gasteiger partial charge in [-0.1, -0.05) is 18.7 Å². The van der Waals surface area contributed by atoms with E-state index in [4.69, 9.17) is 0 Å². The number of benzene rings is 1. The lowest BCUT2D eigenvalue weighted by molar-refractivity contribution is -0.137. The summed E-state index contributed by atoms with van der Waals surface area (Å²) in [7, 11) is 0. The Kier molecular flexibility index (Phi) is 5.24. The van der Waals surface area contributed by atoms with Crippen LogP contribution < -0.4 is 5.32 Å². The van der Waals surface area contributed by atoms with Crippen molar-refractivity contribution in [3.63, 3.8) is 0 Å². The Balaban J connectivity index is 1.87. The molecular formula is C16H19F3N2O. The van der Waals surface area contributed by atoms with Crippen LogP contribution in [0, 0.1) is 0 Å². The van der Waals surface area contributed by atoms with Crippen molar-refractivity contribution in [2.75, 3.05) is 13.1 Å². The van der Waals surface area contributed by atoms with Crippen LogP contribution in [-0.4, -0.2) is 29.9 Å². The van der Waals surface area contributed by atoms with Gasteiger partial charge in [-0.25, -0.2) is 0 Å². The van der Waals surface area contributed by atoms with Gasteiger partial charge in [0.25, 0.3) is 0 Å². The fraction of sp³-hybridized carbons (Fsp3) is 0.438. The standard InChI is InChI=1S/C16H19F3N2O/c1-2-15(22)21-9-3-4-14(11-21)20-10-12-5-7-13(8-6-12)16(17,18)19/h2,5-8,14,20H,1,3-4,9-11H2/t14-/m1/s1. The number of amides is 1. The first-order valence-electron chi connectivity index (χ1n) is 7.21. The second-order valence-electron chi connectivity index (χ2n) is 5.40. The van der Waals surface area contributed by atoms with E-state index in [0.29, 0.717) is 13.1 Å². The van der Waals surface area contributed by atoms with Crippen LogP contribution in [0.3, 0.4) is 0 Å². The molecule has 1 aromatic carbocycles. The fourth-order valence-corrected chi connectivity index (χ4v) is 2.55. The molecule has 0 unspecified atom stereocenters. The summed E-state index contributed by atoms with van der Waals surface area (Å²) in [6.45, 7) is 5.29. The number of alkyl halides is 3. The highest BCUT2D eigenvalue weighted by molar-refractivity contribution is 5.87. The third-order valence-corrected chi connectivity index (χ3v) is 3.78. The minimum absolute atomic E-state index is 0.0824. The van der Waals surface area contributed by atoms with Crippen LogP contribution in [0.25, 0.3) is 0 Å². The van der Waals surface area contributed by atoms with E-state index in [1.54, 1.807) is 4.90 Å². The van der Waals surface area contributed by atoms with Gasteiger partial charge in [-0.15, -0.1) is 0 Å². The van der Waals surface area contributed by atoms with E-state index < -0.39 is 11.7 Å². The third kappa shape index (κ3) is 4.34. The summed E-state index contributed by atoms with van der Waals surface area (Å²) in [5, 5.41) is 3.30. The zero-order valence-corrected chi connectivity index (χ0v) is 12.2. The summed E-state index contributed by atoms with van der Waals surface area (Å²) in [5.74, 6) is -0.0824. The fourth-order valence-electron chi connectivity index (χ4n) is 2.55. The zero-order valence-electron chi connectivity index (χ0n) is 12.2. The van der Waals surface area contributed by atoms with Gasteiger partial charge in [0.1, 0.15) is 0 Å². The molecule has 1 aromatic rings. The van der Waals surface area contributed by atoms with Gasteiger partial charge in [0.05, 0.1) is 5.56 Å². The molecule has 1 heterocycles. The van der Waals surface area contributed by atoms with Crippen molar-refractivity contribution >= 4 is 5.91 Å².